The van der Waals surface area contributed by atoms with Gasteiger partial charge in [-0.25, -0.2) is 0 Å². The van der Waals surface area contributed by atoms with Crippen molar-refractivity contribution in [3.05, 3.63) is 0 Å². The van der Waals surface area contributed by atoms with Crippen molar-refractivity contribution >= 4 is 0 Å². The Morgan fingerprint density at radius 1 is 0.769 bits per heavy atom. The highest BCUT2D eigenvalue weighted by Gasteiger charge is 2.18. The zero-order chi connectivity index (χ0) is 9.45. The fraction of sp³-hybridized carbons (Fsp3) is 1.00. The molecule has 0 rings (SSSR count). The van der Waals surface area contributed by atoms with Crippen LogP contribution in [0.5, 0.6) is 0 Å². The van der Waals surface area contributed by atoms with E-state index in [9.17, 15) is 0 Å². The second-order valence-corrected chi connectivity index (χ2v) is 3.72. The van der Waals surface area contributed by atoms with Gasteiger partial charge in [0.15, 0.2) is 0 Å². The lowest BCUT2D eigenvalue weighted by Gasteiger charge is -2.35. The van der Waals surface area contributed by atoms with E-state index in [2.05, 4.69) is 27.7 Å². The Labute approximate surface area is 94.9 Å². The van der Waals surface area contributed by atoms with Crippen molar-refractivity contribution < 1.29 is 21.5 Å². The molecule has 0 atom stereocenters. The molecule has 13 heavy (non-hydrogen) atoms. The number of rotatable bonds is 7. The minimum Gasteiger partial charge on any atom is -1.00 e. The van der Waals surface area contributed by atoms with Gasteiger partial charge in [0.25, 0.3) is 0 Å². The summed E-state index contributed by atoms with van der Waals surface area (Å²) in [7, 11) is 0. The second kappa shape index (κ2) is 9.01. The summed E-state index contributed by atoms with van der Waals surface area (Å²) in [6.45, 7) is 14.5. The van der Waals surface area contributed by atoms with Gasteiger partial charge in [-0.1, -0.05) is 13.3 Å². The van der Waals surface area contributed by atoms with Crippen LogP contribution in [0.1, 0.15) is 47.0 Å². The molecule has 0 saturated carbocycles. The fourth-order valence-corrected chi connectivity index (χ4v) is 1.84. The van der Waals surface area contributed by atoms with E-state index in [1.165, 1.54) is 49.9 Å². The Morgan fingerprint density at radius 2 is 1.23 bits per heavy atom. The number of hydrogen-bond acceptors (Lipinski definition) is 0. The summed E-state index contributed by atoms with van der Waals surface area (Å²) in [6.07, 6.45) is 4.16. The molecule has 0 unspecified atom stereocenters. The van der Waals surface area contributed by atoms with E-state index in [1.807, 2.05) is 0 Å². The van der Waals surface area contributed by atoms with Gasteiger partial charge in [-0.3, -0.25) is 0 Å². The number of nitrogens with zero attached hydrogens (tertiary/aromatic N) is 1. The Balaban J connectivity index is 0. The number of unbranched alkanes of at least 4 members (excludes halogenated alkanes) is 2. The van der Waals surface area contributed by atoms with Crippen LogP contribution in [0.4, 0.5) is 0 Å². The Bertz CT molecular complexity index is 92.0. The lowest BCUT2D eigenvalue weighted by molar-refractivity contribution is -0.923. The van der Waals surface area contributed by atoms with Gasteiger partial charge in [-0.15, -0.1) is 0 Å². The Hall–Kier alpha value is 0.440. The van der Waals surface area contributed by atoms with Crippen LogP contribution in [0.2, 0.25) is 0 Å². The summed E-state index contributed by atoms with van der Waals surface area (Å²) in [5, 5.41) is 0. The highest BCUT2D eigenvalue weighted by molar-refractivity contribution is 4.41. The molecule has 82 valence electrons. The molecule has 0 aromatic rings. The summed E-state index contributed by atoms with van der Waals surface area (Å²) in [5.41, 5.74) is 0. The van der Waals surface area contributed by atoms with Crippen LogP contribution in [0.3, 0.4) is 0 Å². The highest BCUT2D eigenvalue weighted by Crippen LogP contribution is 2.09. The van der Waals surface area contributed by atoms with E-state index in [0.29, 0.717) is 0 Å². The fourth-order valence-electron chi connectivity index (χ4n) is 1.84. The molecule has 0 aliphatic rings. The van der Waals surface area contributed by atoms with E-state index in [1.54, 1.807) is 0 Å². The molecule has 0 N–H and O–H groups in total. The molecule has 0 aromatic heterocycles. The van der Waals surface area contributed by atoms with Crippen molar-refractivity contribution in [1.29, 1.82) is 0 Å². The van der Waals surface area contributed by atoms with Gasteiger partial charge >= 0.3 is 0 Å². The maximum Gasteiger partial charge on any atom is 0.0786 e. The lowest BCUT2D eigenvalue weighted by atomic mass is 10.2. The molecule has 0 aromatic carbocycles. The molecule has 0 aliphatic heterocycles. The first kappa shape index (κ1) is 15.9. The summed E-state index contributed by atoms with van der Waals surface area (Å²) >= 11 is 0. The quantitative estimate of drug-likeness (QED) is 0.444. The molecule has 0 saturated heterocycles. The van der Waals surface area contributed by atoms with Crippen LogP contribution in [-0.4, -0.2) is 30.7 Å². The van der Waals surface area contributed by atoms with E-state index in [0.717, 1.165) is 0 Å². The van der Waals surface area contributed by atoms with Gasteiger partial charge in [0, 0.05) is 0 Å². The molecule has 0 bridgehead atoms. The topological polar surface area (TPSA) is 0 Å². The van der Waals surface area contributed by atoms with Crippen LogP contribution in [0.25, 0.3) is 0 Å². The first-order valence-corrected chi connectivity index (χ1v) is 5.59. The minimum absolute atomic E-state index is 0. The monoisotopic (exact) mass is 251 g/mol. The van der Waals surface area contributed by atoms with Crippen molar-refractivity contribution in [2.45, 2.75) is 47.0 Å². The SMILES string of the molecule is CCCCC[N+](CC)(CC)CC.[Br-]. The summed E-state index contributed by atoms with van der Waals surface area (Å²) in [5.74, 6) is 0. The highest BCUT2D eigenvalue weighted by atomic mass is 79.9. The third-order valence-electron chi connectivity index (χ3n) is 3.25. The van der Waals surface area contributed by atoms with Crippen molar-refractivity contribution in [2.75, 3.05) is 26.2 Å². The zero-order valence-electron chi connectivity index (χ0n) is 9.77. The van der Waals surface area contributed by atoms with Gasteiger partial charge in [0.2, 0.25) is 0 Å². The van der Waals surface area contributed by atoms with Crippen molar-refractivity contribution in [3.8, 4) is 0 Å². The second-order valence-electron chi connectivity index (χ2n) is 3.72. The molecular weight excluding hydrogens is 226 g/mol. The Kier molecular flexibility index (Phi) is 11.0. The number of quaternary nitrogens is 1. The van der Waals surface area contributed by atoms with Crippen molar-refractivity contribution in [2.24, 2.45) is 0 Å². The molecule has 0 radical (unpaired) electrons. The Morgan fingerprint density at radius 3 is 1.54 bits per heavy atom. The van der Waals surface area contributed by atoms with Crippen LogP contribution in [-0.2, 0) is 0 Å². The predicted octanol–water partition coefficient (Wildman–Crippen LogP) is 0.0571. The van der Waals surface area contributed by atoms with Crippen LogP contribution in [0.15, 0.2) is 0 Å². The largest absolute Gasteiger partial charge is 1.00 e. The van der Waals surface area contributed by atoms with Crippen LogP contribution < -0.4 is 17.0 Å². The van der Waals surface area contributed by atoms with Crippen molar-refractivity contribution in [3.63, 3.8) is 0 Å². The molecule has 0 amide bonds. The number of hydrogen-bond donors (Lipinski definition) is 0. The van der Waals surface area contributed by atoms with Gasteiger partial charge in [-0.2, -0.15) is 0 Å². The lowest BCUT2D eigenvalue weighted by Crippen LogP contribution is -3.00. The maximum atomic E-state index is 2.32. The third kappa shape index (κ3) is 5.69. The average Bonchev–Trinajstić information content (AvgIpc) is 2.14. The summed E-state index contributed by atoms with van der Waals surface area (Å²) < 4.78 is 1.32. The molecular formula is C11H26BrN. The van der Waals surface area contributed by atoms with E-state index < -0.39 is 0 Å². The van der Waals surface area contributed by atoms with Crippen molar-refractivity contribution in [1.82, 2.24) is 0 Å². The van der Waals surface area contributed by atoms with Crippen LogP contribution >= 0.6 is 0 Å². The van der Waals surface area contributed by atoms with Gasteiger partial charge in [0.1, 0.15) is 0 Å². The molecule has 0 heterocycles. The minimum atomic E-state index is 0. The van der Waals surface area contributed by atoms with Gasteiger partial charge < -0.3 is 21.5 Å². The maximum absolute atomic E-state index is 2.32. The molecule has 1 nitrogen and oxygen atoms in total. The average molecular weight is 252 g/mol. The molecule has 0 aliphatic carbocycles. The third-order valence-corrected chi connectivity index (χ3v) is 3.25. The normalized spacial score (nSPS) is 11.1. The van der Waals surface area contributed by atoms with Gasteiger partial charge in [0.05, 0.1) is 26.2 Å². The molecule has 2 heteroatoms. The zero-order valence-corrected chi connectivity index (χ0v) is 11.4. The summed E-state index contributed by atoms with van der Waals surface area (Å²) in [4.78, 5) is 0. The van der Waals surface area contributed by atoms with Crippen LogP contribution in [0, 0.1) is 0 Å². The smallest absolute Gasteiger partial charge is 0.0786 e. The summed E-state index contributed by atoms with van der Waals surface area (Å²) in [6, 6.07) is 0. The first-order valence-electron chi connectivity index (χ1n) is 5.59. The van der Waals surface area contributed by atoms with Gasteiger partial charge in [-0.05, 0) is 33.6 Å². The van der Waals surface area contributed by atoms with E-state index in [4.69, 9.17) is 0 Å². The first-order chi connectivity index (χ1) is 5.74. The van der Waals surface area contributed by atoms with E-state index in [-0.39, 0.29) is 17.0 Å². The standard InChI is InChI=1S/C11H26N.BrH/c1-5-9-10-11-12(6-2,7-3)8-4;/h5-11H2,1-4H3;1H/q+1;/p-1. The predicted molar refractivity (Wildman–Crippen MR) is 56.3 cm³/mol. The molecule has 0 spiro atoms. The van der Waals surface area contributed by atoms with E-state index >= 15 is 0 Å². The number of halogens is 1. The molecule has 0 fully saturated rings.